The summed E-state index contributed by atoms with van der Waals surface area (Å²) in [5.74, 6) is -0.264. The second kappa shape index (κ2) is 6.55. The highest BCUT2D eigenvalue weighted by Crippen LogP contribution is 2.31. The smallest absolute Gasteiger partial charge is 0.329 e. The Kier molecular flexibility index (Phi) is 4.77. The van der Waals surface area contributed by atoms with Gasteiger partial charge >= 0.3 is 5.97 Å². The van der Waals surface area contributed by atoms with Gasteiger partial charge in [0.05, 0.1) is 19.1 Å². The van der Waals surface area contributed by atoms with E-state index in [2.05, 4.69) is 0 Å². The molecule has 0 aliphatic carbocycles. The van der Waals surface area contributed by atoms with Crippen LogP contribution in [0, 0.1) is 0 Å². The number of hydrogen-bond donors (Lipinski definition) is 0. The van der Waals surface area contributed by atoms with Crippen molar-refractivity contribution >= 4 is 11.9 Å². The molecule has 20 heavy (non-hydrogen) atoms. The van der Waals surface area contributed by atoms with Crippen molar-refractivity contribution in [1.82, 2.24) is 4.90 Å². The van der Waals surface area contributed by atoms with E-state index in [0.29, 0.717) is 6.61 Å². The largest absolute Gasteiger partial charge is 0.464 e. The first-order valence-electron chi connectivity index (χ1n) is 7.18. The van der Waals surface area contributed by atoms with Crippen LogP contribution in [0.4, 0.5) is 0 Å². The van der Waals surface area contributed by atoms with E-state index < -0.39 is 6.04 Å². The van der Waals surface area contributed by atoms with E-state index >= 15 is 0 Å². The highest BCUT2D eigenvalue weighted by atomic mass is 16.5. The number of nitrogens with zero attached hydrogens (tertiary/aromatic N) is 1. The number of hydrogen-bond acceptors (Lipinski definition) is 3. The lowest BCUT2D eigenvalue weighted by molar-refractivity contribution is -0.169. The molecule has 0 spiro atoms. The van der Waals surface area contributed by atoms with Gasteiger partial charge in [0.25, 0.3) is 0 Å². The predicted octanol–water partition coefficient (Wildman–Crippen LogP) is 2.69. The summed E-state index contributed by atoms with van der Waals surface area (Å²) in [7, 11) is 0. The average Bonchev–Trinajstić information content (AvgIpc) is 2.45. The van der Waals surface area contributed by atoms with Crippen molar-refractivity contribution < 1.29 is 14.3 Å². The van der Waals surface area contributed by atoms with E-state index in [1.54, 1.807) is 4.90 Å². The molecule has 4 nitrogen and oxygen atoms in total. The summed E-state index contributed by atoms with van der Waals surface area (Å²) in [5.41, 5.74) is 1.03. The minimum Gasteiger partial charge on any atom is -0.464 e. The van der Waals surface area contributed by atoms with Crippen LogP contribution >= 0.6 is 0 Å². The van der Waals surface area contributed by atoms with Gasteiger partial charge in [-0.3, -0.25) is 4.79 Å². The summed E-state index contributed by atoms with van der Waals surface area (Å²) >= 11 is 0. The van der Waals surface area contributed by atoms with Crippen molar-refractivity contribution in [2.45, 2.75) is 45.2 Å². The molecule has 0 saturated carbocycles. The Morgan fingerprint density at radius 1 is 1.40 bits per heavy atom. The van der Waals surface area contributed by atoms with Crippen molar-refractivity contribution in [2.24, 2.45) is 0 Å². The van der Waals surface area contributed by atoms with Crippen LogP contribution in [0.25, 0.3) is 0 Å². The predicted molar refractivity (Wildman–Crippen MR) is 76.0 cm³/mol. The van der Waals surface area contributed by atoms with Crippen LogP contribution in [0.5, 0.6) is 0 Å². The Labute approximate surface area is 119 Å². The number of rotatable bonds is 6. The number of likely N-dealkylation sites (tertiary alicyclic amines) is 1. The Hall–Kier alpha value is -1.84. The first kappa shape index (κ1) is 14.6. The van der Waals surface area contributed by atoms with E-state index in [4.69, 9.17) is 4.74 Å². The van der Waals surface area contributed by atoms with E-state index in [1.807, 2.05) is 44.2 Å². The minimum absolute atomic E-state index is 0.0128. The highest BCUT2D eigenvalue weighted by Gasteiger charge is 2.45. The number of amides is 1. The molecule has 0 N–H and O–H groups in total. The van der Waals surface area contributed by atoms with Crippen LogP contribution in [0.2, 0.25) is 0 Å². The number of unbranched alkanes of at least 4 members (excludes halogenated alkanes) is 1. The van der Waals surface area contributed by atoms with Gasteiger partial charge in [-0.2, -0.15) is 0 Å². The van der Waals surface area contributed by atoms with Crippen LogP contribution < -0.4 is 0 Å². The minimum atomic E-state index is -0.422. The van der Waals surface area contributed by atoms with Gasteiger partial charge in [-0.25, -0.2) is 4.79 Å². The third-order valence-electron chi connectivity index (χ3n) is 3.71. The lowest BCUT2D eigenvalue weighted by Crippen LogP contribution is -2.57. The maximum Gasteiger partial charge on any atom is 0.329 e. The molecule has 1 aromatic rings. The van der Waals surface area contributed by atoms with Crippen LogP contribution in [-0.4, -0.2) is 29.4 Å². The van der Waals surface area contributed by atoms with Crippen molar-refractivity contribution in [3.8, 4) is 0 Å². The summed E-state index contributed by atoms with van der Waals surface area (Å²) < 4.78 is 5.22. The molecule has 1 amide bonds. The maximum atomic E-state index is 12.0. The SMILES string of the molecule is CCCCOC(=O)C1CC(=O)N1C(C)c1ccccc1. The number of β-lactam (4-membered cyclic amide) rings is 1. The molecule has 0 bridgehead atoms. The van der Waals surface area contributed by atoms with Gasteiger partial charge in [0.2, 0.25) is 5.91 Å². The van der Waals surface area contributed by atoms with E-state index in [1.165, 1.54) is 0 Å². The number of esters is 1. The number of ether oxygens (including phenoxy) is 1. The van der Waals surface area contributed by atoms with Gasteiger partial charge in [0.15, 0.2) is 0 Å². The molecule has 0 aromatic heterocycles. The second-order valence-electron chi connectivity index (χ2n) is 5.13. The van der Waals surface area contributed by atoms with E-state index in [0.717, 1.165) is 18.4 Å². The van der Waals surface area contributed by atoms with Gasteiger partial charge in [0, 0.05) is 0 Å². The quantitative estimate of drug-likeness (QED) is 0.455. The number of carbonyl (C=O) groups is 2. The zero-order valence-corrected chi connectivity index (χ0v) is 12.0. The van der Waals surface area contributed by atoms with Crippen LogP contribution in [0.3, 0.4) is 0 Å². The van der Waals surface area contributed by atoms with Crippen molar-refractivity contribution in [2.75, 3.05) is 6.61 Å². The highest BCUT2D eigenvalue weighted by molar-refractivity contribution is 5.95. The Balaban J connectivity index is 1.99. The molecule has 1 fully saturated rings. The molecule has 4 heteroatoms. The zero-order valence-electron chi connectivity index (χ0n) is 12.0. The number of carbonyl (C=O) groups excluding carboxylic acids is 2. The summed E-state index contributed by atoms with van der Waals surface area (Å²) in [4.78, 5) is 25.4. The molecule has 1 heterocycles. The molecule has 0 radical (unpaired) electrons. The van der Waals surface area contributed by atoms with Gasteiger partial charge in [0.1, 0.15) is 6.04 Å². The fourth-order valence-electron chi connectivity index (χ4n) is 2.42. The van der Waals surface area contributed by atoms with Crippen molar-refractivity contribution in [1.29, 1.82) is 0 Å². The van der Waals surface area contributed by atoms with Crippen molar-refractivity contribution in [3.63, 3.8) is 0 Å². The molecule has 108 valence electrons. The fourth-order valence-corrected chi connectivity index (χ4v) is 2.42. The standard InChI is InChI=1S/C16H21NO3/c1-3-4-10-20-16(19)14-11-15(18)17(14)12(2)13-8-6-5-7-9-13/h5-9,12,14H,3-4,10-11H2,1-2H3. The monoisotopic (exact) mass is 275 g/mol. The van der Waals surface area contributed by atoms with E-state index in [9.17, 15) is 9.59 Å². The topological polar surface area (TPSA) is 46.6 Å². The van der Waals surface area contributed by atoms with Gasteiger partial charge in [-0.05, 0) is 18.9 Å². The normalized spacial score (nSPS) is 19.4. The Bertz CT molecular complexity index is 472. The summed E-state index contributed by atoms with van der Waals surface area (Å²) in [6.07, 6.45) is 2.11. The number of benzene rings is 1. The van der Waals surface area contributed by atoms with Crippen LogP contribution in [0.15, 0.2) is 30.3 Å². The van der Waals surface area contributed by atoms with Crippen LogP contribution in [0.1, 0.15) is 44.7 Å². The molecule has 2 unspecified atom stereocenters. The molecular weight excluding hydrogens is 254 g/mol. The molecule has 2 rings (SSSR count). The summed E-state index contributed by atoms with van der Waals surface area (Å²) in [5, 5.41) is 0. The first-order chi connectivity index (χ1) is 9.65. The molecule has 2 atom stereocenters. The average molecular weight is 275 g/mol. The molecule has 1 aliphatic heterocycles. The second-order valence-corrected chi connectivity index (χ2v) is 5.13. The van der Waals surface area contributed by atoms with Gasteiger partial charge in [-0.1, -0.05) is 43.7 Å². The van der Waals surface area contributed by atoms with Gasteiger partial charge in [-0.15, -0.1) is 0 Å². The van der Waals surface area contributed by atoms with Crippen molar-refractivity contribution in [3.05, 3.63) is 35.9 Å². The fraction of sp³-hybridized carbons (Fsp3) is 0.500. The Morgan fingerprint density at radius 3 is 2.70 bits per heavy atom. The zero-order chi connectivity index (χ0) is 14.5. The molecule has 1 aliphatic rings. The molecular formula is C16H21NO3. The third-order valence-corrected chi connectivity index (χ3v) is 3.71. The lowest BCUT2D eigenvalue weighted by atomic mass is 9.95. The lowest BCUT2D eigenvalue weighted by Gasteiger charge is -2.42. The summed E-state index contributed by atoms with van der Waals surface area (Å²) in [6.45, 7) is 4.43. The van der Waals surface area contributed by atoms with E-state index in [-0.39, 0.29) is 24.3 Å². The summed E-state index contributed by atoms with van der Waals surface area (Å²) in [6, 6.07) is 9.22. The molecule has 1 saturated heterocycles. The van der Waals surface area contributed by atoms with Crippen LogP contribution in [-0.2, 0) is 14.3 Å². The first-order valence-corrected chi connectivity index (χ1v) is 7.18. The van der Waals surface area contributed by atoms with Gasteiger partial charge < -0.3 is 9.64 Å². The third kappa shape index (κ3) is 3.00. The maximum absolute atomic E-state index is 12.0. The Morgan fingerprint density at radius 2 is 2.10 bits per heavy atom. The molecule has 1 aromatic carbocycles.